The molecule has 1 aromatic rings. The Labute approximate surface area is 103 Å². The molecule has 1 rings (SSSR count). The highest BCUT2D eigenvalue weighted by Gasteiger charge is 2.11. The number of benzene rings is 1. The molecule has 17 heavy (non-hydrogen) atoms. The predicted molar refractivity (Wildman–Crippen MR) is 65.7 cm³/mol. The van der Waals surface area contributed by atoms with Gasteiger partial charge in [0, 0.05) is 13.2 Å². The Balaban J connectivity index is 2.55. The molecule has 1 nitrogen and oxygen atoms in total. The van der Waals surface area contributed by atoms with E-state index in [0.717, 1.165) is 6.42 Å². The number of halogens is 2. The van der Waals surface area contributed by atoms with E-state index in [-0.39, 0.29) is 5.46 Å². The molecule has 2 radical (unpaired) electrons. The summed E-state index contributed by atoms with van der Waals surface area (Å²) in [4.78, 5) is 0. The van der Waals surface area contributed by atoms with Gasteiger partial charge in [0.25, 0.3) is 0 Å². The summed E-state index contributed by atoms with van der Waals surface area (Å²) in [6, 6.07) is 2.95. The van der Waals surface area contributed by atoms with Gasteiger partial charge in [0.15, 0.2) is 11.6 Å². The minimum absolute atomic E-state index is 0.145. The van der Waals surface area contributed by atoms with Crippen molar-refractivity contribution in [2.45, 2.75) is 26.7 Å². The molecule has 0 aliphatic rings. The van der Waals surface area contributed by atoms with E-state index < -0.39 is 11.6 Å². The lowest BCUT2D eigenvalue weighted by Crippen LogP contribution is -2.13. The zero-order chi connectivity index (χ0) is 12.8. The fraction of sp³-hybridized carbons (Fsp3) is 0.538. The first-order chi connectivity index (χ1) is 8.06. The molecular formula is C13H17BF2O. The number of hydrogen-bond donors (Lipinski definition) is 0. The van der Waals surface area contributed by atoms with Gasteiger partial charge in [-0.1, -0.05) is 24.5 Å². The summed E-state index contributed by atoms with van der Waals surface area (Å²) in [6.45, 7) is 5.29. The van der Waals surface area contributed by atoms with Crippen LogP contribution in [0.15, 0.2) is 12.1 Å². The molecular weight excluding hydrogens is 221 g/mol. The van der Waals surface area contributed by atoms with E-state index >= 15 is 0 Å². The molecule has 0 bridgehead atoms. The summed E-state index contributed by atoms with van der Waals surface area (Å²) >= 11 is 0. The highest BCUT2D eigenvalue weighted by Crippen LogP contribution is 2.14. The van der Waals surface area contributed by atoms with Crippen molar-refractivity contribution in [2.24, 2.45) is 5.92 Å². The van der Waals surface area contributed by atoms with Crippen molar-refractivity contribution < 1.29 is 13.5 Å². The highest BCUT2D eigenvalue weighted by molar-refractivity contribution is 6.32. The van der Waals surface area contributed by atoms with Crippen LogP contribution in [0.1, 0.15) is 25.8 Å². The van der Waals surface area contributed by atoms with Crippen molar-refractivity contribution >= 4 is 13.3 Å². The molecule has 0 amide bonds. The van der Waals surface area contributed by atoms with E-state index in [1.165, 1.54) is 6.07 Å². The van der Waals surface area contributed by atoms with Gasteiger partial charge < -0.3 is 4.74 Å². The molecule has 1 aromatic carbocycles. The predicted octanol–water partition coefficient (Wildman–Crippen LogP) is 2.36. The minimum Gasteiger partial charge on any atom is -0.381 e. The Bertz CT molecular complexity index is 369. The Kier molecular flexibility index (Phi) is 5.62. The quantitative estimate of drug-likeness (QED) is 0.691. The van der Waals surface area contributed by atoms with Gasteiger partial charge in [0.1, 0.15) is 7.85 Å². The lowest BCUT2D eigenvalue weighted by Gasteiger charge is -2.12. The standard InChI is InChI=1S/C13H17BF2O/c1-3-17-8-9(2)4-5-10-6-7-11(14)13(16)12(10)15/h6-7,9H,3-5,8H2,1-2H3. The second-order valence-electron chi connectivity index (χ2n) is 4.25. The first-order valence-corrected chi connectivity index (χ1v) is 5.86. The van der Waals surface area contributed by atoms with Gasteiger partial charge >= 0.3 is 0 Å². The molecule has 0 aliphatic heterocycles. The fourth-order valence-electron chi connectivity index (χ4n) is 1.60. The maximum Gasteiger partial charge on any atom is 0.161 e. The molecule has 0 N–H and O–H groups in total. The fourth-order valence-corrected chi connectivity index (χ4v) is 1.60. The van der Waals surface area contributed by atoms with Gasteiger partial charge in [0.05, 0.1) is 0 Å². The first kappa shape index (κ1) is 14.2. The lowest BCUT2D eigenvalue weighted by molar-refractivity contribution is 0.113. The van der Waals surface area contributed by atoms with Crippen LogP contribution in [-0.4, -0.2) is 21.1 Å². The summed E-state index contributed by atoms with van der Waals surface area (Å²) in [5.74, 6) is -1.44. The Morgan fingerprint density at radius 1 is 1.29 bits per heavy atom. The summed E-state index contributed by atoms with van der Waals surface area (Å²) in [6.07, 6.45) is 1.26. The van der Waals surface area contributed by atoms with Gasteiger partial charge in [-0.15, -0.1) is 0 Å². The summed E-state index contributed by atoms with van der Waals surface area (Å²) < 4.78 is 31.9. The zero-order valence-corrected chi connectivity index (χ0v) is 10.3. The third-order valence-corrected chi connectivity index (χ3v) is 2.71. The molecule has 92 valence electrons. The molecule has 1 atom stereocenters. The van der Waals surface area contributed by atoms with E-state index in [1.54, 1.807) is 6.07 Å². The molecule has 0 fully saturated rings. The summed E-state index contributed by atoms with van der Waals surface area (Å²) in [7, 11) is 5.28. The Morgan fingerprint density at radius 2 is 2.00 bits per heavy atom. The third kappa shape index (κ3) is 4.12. The van der Waals surface area contributed by atoms with Crippen LogP contribution in [0.4, 0.5) is 8.78 Å². The molecule has 0 saturated heterocycles. The average molecular weight is 238 g/mol. The van der Waals surface area contributed by atoms with Crippen molar-refractivity contribution in [2.75, 3.05) is 13.2 Å². The zero-order valence-electron chi connectivity index (χ0n) is 10.3. The van der Waals surface area contributed by atoms with Crippen LogP contribution in [0, 0.1) is 17.6 Å². The van der Waals surface area contributed by atoms with Crippen LogP contribution < -0.4 is 5.46 Å². The van der Waals surface area contributed by atoms with Gasteiger partial charge in [-0.25, -0.2) is 8.78 Å². The summed E-state index contributed by atoms with van der Waals surface area (Å²) in [5, 5.41) is 0. The van der Waals surface area contributed by atoms with E-state index in [0.29, 0.717) is 31.1 Å². The van der Waals surface area contributed by atoms with Crippen molar-refractivity contribution in [3.8, 4) is 0 Å². The minimum atomic E-state index is -0.944. The van der Waals surface area contributed by atoms with Crippen LogP contribution in [0.5, 0.6) is 0 Å². The van der Waals surface area contributed by atoms with Gasteiger partial charge in [0.2, 0.25) is 0 Å². The highest BCUT2D eigenvalue weighted by atomic mass is 19.2. The van der Waals surface area contributed by atoms with Crippen LogP contribution in [0.2, 0.25) is 0 Å². The van der Waals surface area contributed by atoms with E-state index in [9.17, 15) is 8.78 Å². The maximum absolute atomic E-state index is 13.5. The number of hydrogen-bond acceptors (Lipinski definition) is 1. The maximum atomic E-state index is 13.5. The molecule has 0 saturated carbocycles. The summed E-state index contributed by atoms with van der Waals surface area (Å²) in [5.41, 5.74) is 0.230. The van der Waals surface area contributed by atoms with Crippen LogP contribution >= 0.6 is 0 Å². The topological polar surface area (TPSA) is 9.23 Å². The van der Waals surface area contributed by atoms with Crippen molar-refractivity contribution in [1.29, 1.82) is 0 Å². The smallest absolute Gasteiger partial charge is 0.161 e. The monoisotopic (exact) mass is 238 g/mol. The van der Waals surface area contributed by atoms with E-state index in [4.69, 9.17) is 12.6 Å². The second kappa shape index (κ2) is 6.75. The van der Waals surface area contributed by atoms with E-state index in [1.807, 2.05) is 13.8 Å². The number of aryl methyl sites for hydroxylation is 1. The molecule has 1 unspecified atom stereocenters. The van der Waals surface area contributed by atoms with Gasteiger partial charge in [-0.3, -0.25) is 0 Å². The van der Waals surface area contributed by atoms with Gasteiger partial charge in [-0.05, 0) is 31.2 Å². The normalized spacial score (nSPS) is 12.7. The van der Waals surface area contributed by atoms with Crippen molar-refractivity contribution in [1.82, 2.24) is 0 Å². The Morgan fingerprint density at radius 3 is 2.65 bits per heavy atom. The largest absolute Gasteiger partial charge is 0.381 e. The molecule has 4 heteroatoms. The van der Waals surface area contributed by atoms with Crippen molar-refractivity contribution in [3.63, 3.8) is 0 Å². The van der Waals surface area contributed by atoms with E-state index in [2.05, 4.69) is 0 Å². The lowest BCUT2D eigenvalue weighted by atomic mass is 9.92. The molecule has 0 aliphatic carbocycles. The molecule has 0 heterocycles. The number of rotatable bonds is 6. The SMILES string of the molecule is [B]c1ccc(CCC(C)COCC)c(F)c1F. The third-order valence-electron chi connectivity index (χ3n) is 2.71. The first-order valence-electron chi connectivity index (χ1n) is 5.86. The average Bonchev–Trinajstić information content (AvgIpc) is 2.32. The Hall–Kier alpha value is -0.895. The second-order valence-corrected chi connectivity index (χ2v) is 4.25. The molecule has 0 aromatic heterocycles. The van der Waals surface area contributed by atoms with Crippen LogP contribution in [0.25, 0.3) is 0 Å². The molecule has 0 spiro atoms. The van der Waals surface area contributed by atoms with Crippen molar-refractivity contribution in [3.05, 3.63) is 29.3 Å². The van der Waals surface area contributed by atoms with Crippen LogP contribution in [-0.2, 0) is 11.2 Å². The number of ether oxygens (including phenoxy) is 1. The van der Waals surface area contributed by atoms with Gasteiger partial charge in [-0.2, -0.15) is 0 Å². The van der Waals surface area contributed by atoms with Crippen LogP contribution in [0.3, 0.4) is 0 Å².